The molecule has 0 saturated heterocycles. The van der Waals surface area contributed by atoms with E-state index in [1.54, 1.807) is 0 Å². The van der Waals surface area contributed by atoms with Gasteiger partial charge in [0, 0.05) is 6.04 Å². The van der Waals surface area contributed by atoms with E-state index in [4.69, 9.17) is 0 Å². The van der Waals surface area contributed by atoms with Crippen molar-refractivity contribution in [1.29, 1.82) is 0 Å². The van der Waals surface area contributed by atoms with Gasteiger partial charge in [0.2, 0.25) is 0 Å². The number of hydrogen-bond acceptors (Lipinski definition) is 1. The maximum absolute atomic E-state index is 2.36. The summed E-state index contributed by atoms with van der Waals surface area (Å²) in [6, 6.07) is 15.6. The van der Waals surface area contributed by atoms with Crippen molar-refractivity contribution in [2.24, 2.45) is 0 Å². The predicted molar refractivity (Wildman–Crippen MR) is 70.7 cm³/mol. The van der Waals surface area contributed by atoms with Crippen LogP contribution in [0.15, 0.2) is 42.5 Å². The zero-order chi connectivity index (χ0) is 11.5. The SMILES string of the molecule is CCN(C)C(C)c1cccc2ccccc12. The van der Waals surface area contributed by atoms with E-state index in [-0.39, 0.29) is 0 Å². The molecule has 1 unspecified atom stereocenters. The minimum absolute atomic E-state index is 0.469. The van der Waals surface area contributed by atoms with Crippen LogP contribution in [0.25, 0.3) is 10.8 Å². The Morgan fingerprint density at radius 1 is 1.06 bits per heavy atom. The Balaban J connectivity index is 2.52. The monoisotopic (exact) mass is 213 g/mol. The van der Waals surface area contributed by atoms with Crippen molar-refractivity contribution in [3.05, 3.63) is 48.0 Å². The minimum atomic E-state index is 0.469. The second-order valence-corrected chi connectivity index (χ2v) is 4.32. The van der Waals surface area contributed by atoms with Crippen LogP contribution in [0.3, 0.4) is 0 Å². The Bertz CT molecular complexity index is 470. The molecule has 0 amide bonds. The highest BCUT2D eigenvalue weighted by molar-refractivity contribution is 5.86. The van der Waals surface area contributed by atoms with E-state index in [1.165, 1.54) is 16.3 Å². The Kier molecular flexibility index (Phi) is 3.25. The van der Waals surface area contributed by atoms with Crippen LogP contribution in [0.4, 0.5) is 0 Å². The molecule has 2 aromatic carbocycles. The summed E-state index contributed by atoms with van der Waals surface area (Å²) in [7, 11) is 2.17. The van der Waals surface area contributed by atoms with Crippen LogP contribution >= 0.6 is 0 Å². The molecule has 1 atom stereocenters. The van der Waals surface area contributed by atoms with E-state index >= 15 is 0 Å². The molecule has 2 rings (SSSR count). The van der Waals surface area contributed by atoms with E-state index in [0.29, 0.717) is 6.04 Å². The molecular weight excluding hydrogens is 194 g/mol. The van der Waals surface area contributed by atoms with Crippen LogP contribution in [0, 0.1) is 0 Å². The van der Waals surface area contributed by atoms with Gasteiger partial charge in [0.25, 0.3) is 0 Å². The summed E-state index contributed by atoms with van der Waals surface area (Å²) in [6.07, 6.45) is 0. The summed E-state index contributed by atoms with van der Waals surface area (Å²) in [6.45, 7) is 5.54. The van der Waals surface area contributed by atoms with E-state index in [1.807, 2.05) is 0 Å². The largest absolute Gasteiger partial charge is 0.300 e. The Hall–Kier alpha value is -1.34. The lowest BCUT2D eigenvalue weighted by Crippen LogP contribution is -2.21. The average Bonchev–Trinajstić information content (AvgIpc) is 2.36. The maximum atomic E-state index is 2.36. The molecule has 0 heterocycles. The molecule has 0 aliphatic rings. The van der Waals surface area contributed by atoms with Crippen molar-refractivity contribution in [2.75, 3.05) is 13.6 Å². The van der Waals surface area contributed by atoms with Crippen molar-refractivity contribution in [3.63, 3.8) is 0 Å². The lowest BCUT2D eigenvalue weighted by atomic mass is 9.99. The normalized spacial score (nSPS) is 13.2. The summed E-state index contributed by atoms with van der Waals surface area (Å²) in [4.78, 5) is 2.36. The molecule has 0 spiro atoms. The molecule has 0 aromatic heterocycles. The van der Waals surface area contributed by atoms with E-state index < -0.39 is 0 Å². The third-order valence-electron chi connectivity index (χ3n) is 3.43. The Morgan fingerprint density at radius 3 is 2.50 bits per heavy atom. The van der Waals surface area contributed by atoms with Gasteiger partial charge in [-0.3, -0.25) is 4.90 Å². The second kappa shape index (κ2) is 4.67. The quantitative estimate of drug-likeness (QED) is 0.748. The first-order valence-electron chi connectivity index (χ1n) is 5.92. The molecule has 0 saturated carbocycles. The standard InChI is InChI=1S/C15H19N/c1-4-16(3)12(2)14-11-7-9-13-8-5-6-10-15(13)14/h5-12H,4H2,1-3H3. The van der Waals surface area contributed by atoms with Gasteiger partial charge in [-0.2, -0.15) is 0 Å². The zero-order valence-electron chi connectivity index (χ0n) is 10.3. The molecule has 2 aromatic rings. The van der Waals surface area contributed by atoms with Gasteiger partial charge in [-0.25, -0.2) is 0 Å². The first-order valence-corrected chi connectivity index (χ1v) is 5.92. The fourth-order valence-electron chi connectivity index (χ4n) is 2.13. The fourth-order valence-corrected chi connectivity index (χ4v) is 2.13. The van der Waals surface area contributed by atoms with Crippen molar-refractivity contribution in [1.82, 2.24) is 4.90 Å². The second-order valence-electron chi connectivity index (χ2n) is 4.32. The molecule has 1 nitrogen and oxygen atoms in total. The lowest BCUT2D eigenvalue weighted by Gasteiger charge is -2.24. The molecule has 16 heavy (non-hydrogen) atoms. The Morgan fingerprint density at radius 2 is 1.75 bits per heavy atom. The highest BCUT2D eigenvalue weighted by Crippen LogP contribution is 2.26. The van der Waals surface area contributed by atoms with Gasteiger partial charge in [0.1, 0.15) is 0 Å². The highest BCUT2D eigenvalue weighted by Gasteiger charge is 2.12. The molecule has 0 aliphatic carbocycles. The van der Waals surface area contributed by atoms with E-state index in [0.717, 1.165) is 6.54 Å². The summed E-state index contributed by atoms with van der Waals surface area (Å²) in [5.74, 6) is 0. The number of fused-ring (bicyclic) bond motifs is 1. The molecule has 0 fully saturated rings. The molecule has 84 valence electrons. The maximum Gasteiger partial charge on any atom is 0.0322 e. The molecule has 0 bridgehead atoms. The van der Waals surface area contributed by atoms with Crippen molar-refractivity contribution in [3.8, 4) is 0 Å². The topological polar surface area (TPSA) is 3.24 Å². The molecule has 0 N–H and O–H groups in total. The van der Waals surface area contributed by atoms with Crippen LogP contribution in [0.5, 0.6) is 0 Å². The average molecular weight is 213 g/mol. The van der Waals surface area contributed by atoms with Gasteiger partial charge in [0.15, 0.2) is 0 Å². The smallest absolute Gasteiger partial charge is 0.0322 e. The molecular formula is C15H19N. The van der Waals surface area contributed by atoms with Gasteiger partial charge in [-0.05, 0) is 36.9 Å². The van der Waals surface area contributed by atoms with Crippen LogP contribution in [-0.2, 0) is 0 Å². The van der Waals surface area contributed by atoms with Crippen molar-refractivity contribution in [2.45, 2.75) is 19.9 Å². The van der Waals surface area contributed by atoms with Crippen LogP contribution in [-0.4, -0.2) is 18.5 Å². The summed E-state index contributed by atoms with van der Waals surface area (Å²) >= 11 is 0. The Labute approximate surface area is 97.7 Å². The summed E-state index contributed by atoms with van der Waals surface area (Å²) in [5.41, 5.74) is 1.42. The number of rotatable bonds is 3. The highest BCUT2D eigenvalue weighted by atomic mass is 15.1. The minimum Gasteiger partial charge on any atom is -0.300 e. The number of hydrogen-bond donors (Lipinski definition) is 0. The molecule has 1 heteroatoms. The zero-order valence-corrected chi connectivity index (χ0v) is 10.3. The molecule has 0 radical (unpaired) electrons. The van der Waals surface area contributed by atoms with Gasteiger partial charge in [-0.15, -0.1) is 0 Å². The summed E-state index contributed by atoms with van der Waals surface area (Å²) in [5, 5.41) is 2.70. The van der Waals surface area contributed by atoms with Crippen LogP contribution in [0.1, 0.15) is 25.5 Å². The first kappa shape index (κ1) is 11.2. The lowest BCUT2D eigenvalue weighted by molar-refractivity contribution is 0.277. The van der Waals surface area contributed by atoms with Crippen LogP contribution in [0.2, 0.25) is 0 Å². The van der Waals surface area contributed by atoms with E-state index in [2.05, 4.69) is 68.3 Å². The third kappa shape index (κ3) is 1.96. The van der Waals surface area contributed by atoms with Gasteiger partial charge in [-0.1, -0.05) is 49.4 Å². The number of benzene rings is 2. The third-order valence-corrected chi connectivity index (χ3v) is 3.43. The van der Waals surface area contributed by atoms with E-state index in [9.17, 15) is 0 Å². The van der Waals surface area contributed by atoms with Gasteiger partial charge >= 0.3 is 0 Å². The van der Waals surface area contributed by atoms with Crippen molar-refractivity contribution < 1.29 is 0 Å². The van der Waals surface area contributed by atoms with Crippen molar-refractivity contribution >= 4 is 10.8 Å². The predicted octanol–water partition coefficient (Wildman–Crippen LogP) is 3.85. The fraction of sp³-hybridized carbons (Fsp3) is 0.333. The number of nitrogens with zero attached hydrogens (tertiary/aromatic N) is 1. The molecule has 0 aliphatic heterocycles. The summed E-state index contributed by atoms with van der Waals surface area (Å²) < 4.78 is 0. The van der Waals surface area contributed by atoms with Gasteiger partial charge < -0.3 is 0 Å². The first-order chi connectivity index (χ1) is 7.74. The van der Waals surface area contributed by atoms with Crippen LogP contribution < -0.4 is 0 Å². The van der Waals surface area contributed by atoms with Gasteiger partial charge in [0.05, 0.1) is 0 Å².